The van der Waals surface area contributed by atoms with E-state index in [1.807, 2.05) is 0 Å². The first-order chi connectivity index (χ1) is 1.00. The van der Waals surface area contributed by atoms with Crippen molar-refractivity contribution in [3.8, 4) is 0 Å². The van der Waals surface area contributed by atoms with E-state index in [0.29, 0.717) is 19.8 Å². The molecule has 0 spiro atoms. The minimum atomic E-state index is 0. The van der Waals surface area contributed by atoms with Crippen molar-refractivity contribution in [1.29, 1.82) is 0 Å². The molecule has 0 atom stereocenters. The molecular weight excluding hydrogens is 380 g/mol. The van der Waals surface area contributed by atoms with Crippen molar-refractivity contribution in [2.24, 2.45) is 0 Å². The Bertz CT molecular complexity index is 8.00. The summed E-state index contributed by atoms with van der Waals surface area (Å²) in [6.45, 7) is 0. The van der Waals surface area contributed by atoms with Crippen molar-refractivity contribution in [3.63, 3.8) is 0 Å². The third-order valence-electron chi connectivity index (χ3n) is 0. The Labute approximate surface area is 67.7 Å². The number of hydrogen-bond donors (Lipinski definition) is 0. The Morgan fingerprint density at radius 3 is 1.25 bits per heavy atom. The molecule has 0 saturated heterocycles. The zero-order valence-corrected chi connectivity index (χ0v) is 7.42. The molecule has 0 saturated carbocycles. The van der Waals surface area contributed by atoms with E-state index in [2.05, 4.69) is 0 Å². The van der Waals surface area contributed by atoms with Crippen LogP contribution < -0.4 is 0 Å². The van der Waals surface area contributed by atoms with Gasteiger partial charge in [0.1, 0.15) is 0 Å². The van der Waals surface area contributed by atoms with Crippen molar-refractivity contribution < 1.29 is 42.7 Å². The van der Waals surface area contributed by atoms with Gasteiger partial charge in [0.2, 0.25) is 0 Å². The topological polar surface area (TPSA) is 17.1 Å². The van der Waals surface area contributed by atoms with Gasteiger partial charge in [-0.25, -0.2) is 0 Å². The molecule has 0 aromatic heterocycles. The zero-order valence-electron chi connectivity index (χ0n) is 1.52. The average molecular weight is 383 g/mol. The van der Waals surface area contributed by atoms with E-state index in [9.17, 15) is 0 Å². The second-order valence-corrected chi connectivity index (χ2v) is 0. The van der Waals surface area contributed by atoms with E-state index in [4.69, 9.17) is 3.40 Å². The smallest absolute Gasteiger partial charge is 0 e. The van der Waals surface area contributed by atoms with Gasteiger partial charge in [-0.05, 0) is 0 Å². The molecule has 0 aliphatic rings. The molecular formula is H3InOWZn. The molecule has 0 fully saturated rings. The summed E-state index contributed by atoms with van der Waals surface area (Å²) in [7, 11) is 0. The first kappa shape index (κ1) is 16.7. The second-order valence-electron chi connectivity index (χ2n) is 0. The van der Waals surface area contributed by atoms with Crippen LogP contribution >= 0.6 is 0 Å². The second kappa shape index (κ2) is 20.1. The first-order valence-corrected chi connectivity index (χ1v) is 1.36. The summed E-state index contributed by atoms with van der Waals surface area (Å²) in [6, 6.07) is 0. The van der Waals surface area contributed by atoms with Gasteiger partial charge in [-0.3, -0.25) is 0 Å². The van der Waals surface area contributed by atoms with Crippen LogP contribution in [0.15, 0.2) is 0 Å². The van der Waals surface area contributed by atoms with Gasteiger partial charge in [-0.15, -0.1) is 0 Å². The Balaban J connectivity index is -0.00000000500. The van der Waals surface area contributed by atoms with Gasteiger partial charge in [0.05, 0.1) is 0 Å². The maximum Gasteiger partial charge on any atom is 0 e. The van der Waals surface area contributed by atoms with Crippen LogP contribution in [0.3, 0.4) is 0 Å². The van der Waals surface area contributed by atoms with Crippen LogP contribution in [0.4, 0.5) is 0 Å². The summed E-state index contributed by atoms with van der Waals surface area (Å²) in [5, 5.41) is 0. The molecule has 0 radical (unpaired) electrons. The van der Waals surface area contributed by atoms with E-state index in [1.165, 1.54) is 0 Å². The van der Waals surface area contributed by atoms with Crippen LogP contribution in [0.2, 0.25) is 0 Å². The molecule has 4 heteroatoms. The molecule has 0 aromatic carbocycles. The summed E-state index contributed by atoms with van der Waals surface area (Å²) in [5.41, 5.74) is 0. The van der Waals surface area contributed by atoms with Gasteiger partial charge in [0.25, 0.3) is 0 Å². The predicted molar refractivity (Wildman–Crippen MR) is 10.6 cm³/mol. The molecule has 0 aromatic rings. The van der Waals surface area contributed by atoms with E-state index in [0.717, 1.165) is 0 Å². The predicted octanol–water partition coefficient (Wildman–Crippen LogP) is -1.31. The Hall–Kier alpha value is 1.98. The largest absolute Gasteiger partial charge is 0 e. The SMILES string of the molecule is [InH3].[O]=[W].[Zn]. The molecule has 0 amide bonds. The normalized spacial score (nSPS) is 1.00. The third kappa shape index (κ3) is 9.01. The van der Waals surface area contributed by atoms with Crippen LogP contribution in [-0.2, 0) is 42.7 Å². The summed E-state index contributed by atoms with van der Waals surface area (Å²) < 4.78 is 8.33. The van der Waals surface area contributed by atoms with Gasteiger partial charge in [0.15, 0.2) is 0 Å². The molecule has 0 bridgehead atoms. The molecule has 0 heterocycles. The van der Waals surface area contributed by atoms with Crippen molar-refractivity contribution in [2.75, 3.05) is 0 Å². The van der Waals surface area contributed by atoms with E-state index in [-0.39, 0.29) is 45.3 Å². The fraction of sp³-hybridized carbons (Fsp3) is 0. The van der Waals surface area contributed by atoms with Crippen molar-refractivity contribution in [3.05, 3.63) is 0 Å². The molecule has 0 aliphatic heterocycles. The van der Waals surface area contributed by atoms with Gasteiger partial charge < -0.3 is 0 Å². The first-order valence-electron chi connectivity index (χ1n) is 0.167. The van der Waals surface area contributed by atoms with Gasteiger partial charge >= 0.3 is 49.0 Å². The molecule has 1 nitrogen and oxygen atoms in total. The number of hydrogen-bond acceptors (Lipinski definition) is 1. The standard InChI is InChI=1S/In.O.W.Zn.3H. The van der Waals surface area contributed by atoms with Crippen LogP contribution in [0, 0.1) is 0 Å². The Kier molecular flexibility index (Phi) is 83.9. The summed E-state index contributed by atoms with van der Waals surface area (Å²) in [4.78, 5) is 0. The molecule has 0 N–H and O–H groups in total. The van der Waals surface area contributed by atoms with Crippen LogP contribution in [-0.4, -0.2) is 25.8 Å². The molecule has 20 valence electrons. The maximum atomic E-state index is 8.33. The maximum absolute atomic E-state index is 8.33. The fourth-order valence-corrected chi connectivity index (χ4v) is 0. The van der Waals surface area contributed by atoms with Crippen molar-refractivity contribution >= 4 is 25.8 Å². The van der Waals surface area contributed by atoms with Crippen LogP contribution in [0.1, 0.15) is 0 Å². The summed E-state index contributed by atoms with van der Waals surface area (Å²) in [5.74, 6) is 0. The molecule has 0 aliphatic carbocycles. The summed E-state index contributed by atoms with van der Waals surface area (Å²) in [6.07, 6.45) is 0. The Morgan fingerprint density at radius 1 is 1.25 bits per heavy atom. The van der Waals surface area contributed by atoms with Crippen LogP contribution in [0.25, 0.3) is 0 Å². The van der Waals surface area contributed by atoms with Crippen LogP contribution in [0.5, 0.6) is 0 Å². The van der Waals surface area contributed by atoms with Gasteiger partial charge in [-0.1, -0.05) is 0 Å². The molecule has 0 unspecified atom stereocenters. The average Bonchev–Trinajstić information content (AvgIpc) is 1.00. The zero-order chi connectivity index (χ0) is 2.00. The fourth-order valence-electron chi connectivity index (χ4n) is 0. The van der Waals surface area contributed by atoms with E-state index >= 15 is 0 Å². The Morgan fingerprint density at radius 2 is 1.25 bits per heavy atom. The minimum absolute atomic E-state index is 0. The van der Waals surface area contributed by atoms with E-state index in [1.54, 1.807) is 0 Å². The minimum Gasteiger partial charge on any atom is 0 e. The summed E-state index contributed by atoms with van der Waals surface area (Å²) >= 11 is 0.333. The van der Waals surface area contributed by atoms with Crippen molar-refractivity contribution in [1.82, 2.24) is 0 Å². The quantitative estimate of drug-likeness (QED) is 0.476. The van der Waals surface area contributed by atoms with Gasteiger partial charge in [-0.2, -0.15) is 0 Å². The van der Waals surface area contributed by atoms with E-state index < -0.39 is 0 Å². The number of rotatable bonds is 0. The monoisotopic (exact) mass is 382 g/mol. The molecule has 0 rings (SSSR count). The third-order valence-corrected chi connectivity index (χ3v) is 0. The van der Waals surface area contributed by atoms with Crippen molar-refractivity contribution in [2.45, 2.75) is 0 Å². The molecule has 4 heavy (non-hydrogen) atoms. The van der Waals surface area contributed by atoms with Gasteiger partial charge in [0, 0.05) is 19.5 Å².